The van der Waals surface area contributed by atoms with Crippen molar-refractivity contribution in [3.63, 3.8) is 0 Å². The Morgan fingerprint density at radius 2 is 1.24 bits per heavy atom. The maximum absolute atomic E-state index is 9.67. The number of thiol groups is 1. The maximum atomic E-state index is 9.67. The van der Waals surface area contributed by atoms with Crippen LogP contribution in [0.1, 0.15) is 63.7 Å². The van der Waals surface area contributed by atoms with E-state index in [0.717, 1.165) is 5.56 Å². The molecule has 96 valence electrons. The lowest BCUT2D eigenvalue weighted by Crippen LogP contribution is -2.17. The first kappa shape index (κ1) is 14.6. The van der Waals surface area contributed by atoms with Crippen LogP contribution in [0.15, 0.2) is 18.2 Å². The molecule has 0 heterocycles. The van der Waals surface area contributed by atoms with Crippen molar-refractivity contribution >= 4 is 12.6 Å². The average molecular weight is 252 g/mol. The molecule has 2 heteroatoms. The predicted octanol–water partition coefficient (Wildman–Crippen LogP) is 4.20. The first-order valence-corrected chi connectivity index (χ1v) is 6.55. The molecule has 0 aliphatic heterocycles. The Balaban J connectivity index is 3.40. The second-order valence-corrected chi connectivity index (χ2v) is 7.21. The van der Waals surface area contributed by atoms with E-state index in [1.807, 2.05) is 12.1 Å². The van der Waals surface area contributed by atoms with Gasteiger partial charge in [-0.1, -0.05) is 59.7 Å². The zero-order chi connectivity index (χ0) is 13.4. The fourth-order valence-electron chi connectivity index (χ4n) is 1.67. The van der Waals surface area contributed by atoms with Crippen molar-refractivity contribution < 1.29 is 5.11 Å². The SMILES string of the molecule is CC(C)(C)c1cc(C(O)S)cc(C(C)(C)C)c1. The fourth-order valence-corrected chi connectivity index (χ4v) is 1.82. The number of benzene rings is 1. The first-order chi connectivity index (χ1) is 7.51. The minimum absolute atomic E-state index is 0.0820. The van der Waals surface area contributed by atoms with Crippen molar-refractivity contribution in [2.45, 2.75) is 57.8 Å². The molecule has 1 rings (SSSR count). The molecule has 0 aliphatic rings. The van der Waals surface area contributed by atoms with Gasteiger partial charge in [-0.05, 0) is 27.5 Å². The summed E-state index contributed by atoms with van der Waals surface area (Å²) in [4.78, 5) is 0. The van der Waals surface area contributed by atoms with E-state index in [4.69, 9.17) is 0 Å². The van der Waals surface area contributed by atoms with Crippen LogP contribution in [0.4, 0.5) is 0 Å². The summed E-state index contributed by atoms with van der Waals surface area (Å²) in [6.45, 7) is 13.1. The minimum Gasteiger partial charge on any atom is -0.378 e. The lowest BCUT2D eigenvalue weighted by molar-refractivity contribution is 0.272. The summed E-state index contributed by atoms with van der Waals surface area (Å²) in [7, 11) is 0. The van der Waals surface area contributed by atoms with Gasteiger partial charge >= 0.3 is 0 Å². The average Bonchev–Trinajstić information content (AvgIpc) is 2.14. The summed E-state index contributed by atoms with van der Waals surface area (Å²) in [6.07, 6.45) is 0. The molecule has 1 N–H and O–H groups in total. The predicted molar refractivity (Wildman–Crippen MR) is 77.8 cm³/mol. The third-order valence-electron chi connectivity index (χ3n) is 2.99. The van der Waals surface area contributed by atoms with Crippen LogP contribution in [0.3, 0.4) is 0 Å². The summed E-state index contributed by atoms with van der Waals surface area (Å²) in [5, 5.41) is 9.67. The molecule has 0 radical (unpaired) electrons. The van der Waals surface area contributed by atoms with Crippen LogP contribution < -0.4 is 0 Å². The Labute approximate surface area is 111 Å². The summed E-state index contributed by atoms with van der Waals surface area (Å²) in [5.74, 6) is 0. The molecule has 1 atom stereocenters. The standard InChI is InChI=1S/C15H24OS/c1-14(2,3)11-7-10(13(16)17)8-12(9-11)15(4,5)6/h7-9,13,16-17H,1-6H3. The second kappa shape index (κ2) is 4.66. The Morgan fingerprint density at radius 1 is 0.882 bits per heavy atom. The van der Waals surface area contributed by atoms with Gasteiger partial charge in [-0.3, -0.25) is 0 Å². The molecule has 0 bridgehead atoms. The van der Waals surface area contributed by atoms with Crippen molar-refractivity contribution in [1.29, 1.82) is 0 Å². The summed E-state index contributed by atoms with van der Waals surface area (Å²) in [5.41, 5.74) is 2.82. The third kappa shape index (κ3) is 3.75. The Kier molecular flexibility index (Phi) is 4.00. The van der Waals surface area contributed by atoms with Crippen LogP contribution in [-0.2, 0) is 10.8 Å². The lowest BCUT2D eigenvalue weighted by Gasteiger charge is -2.26. The van der Waals surface area contributed by atoms with Crippen molar-refractivity contribution in [1.82, 2.24) is 0 Å². The van der Waals surface area contributed by atoms with Crippen LogP contribution in [0.5, 0.6) is 0 Å². The third-order valence-corrected chi connectivity index (χ3v) is 3.28. The highest BCUT2D eigenvalue weighted by Gasteiger charge is 2.21. The number of rotatable bonds is 1. The molecule has 1 unspecified atom stereocenters. The highest BCUT2D eigenvalue weighted by molar-refractivity contribution is 7.80. The number of aliphatic hydroxyl groups is 1. The molecular weight excluding hydrogens is 228 g/mol. The van der Waals surface area contributed by atoms with Crippen molar-refractivity contribution in [3.8, 4) is 0 Å². The largest absolute Gasteiger partial charge is 0.378 e. The molecule has 0 amide bonds. The molecule has 0 saturated heterocycles. The van der Waals surface area contributed by atoms with Crippen LogP contribution in [0.2, 0.25) is 0 Å². The normalized spacial score (nSPS) is 14.8. The van der Waals surface area contributed by atoms with Crippen LogP contribution in [0, 0.1) is 0 Å². The second-order valence-electron chi connectivity index (χ2n) is 6.72. The molecule has 0 fully saturated rings. The molecule has 1 aromatic rings. The summed E-state index contributed by atoms with van der Waals surface area (Å²) < 4.78 is 0. The van der Waals surface area contributed by atoms with E-state index < -0.39 is 5.44 Å². The molecule has 1 aromatic carbocycles. The monoisotopic (exact) mass is 252 g/mol. The van der Waals surface area contributed by atoms with Gasteiger partial charge in [0, 0.05) is 0 Å². The number of hydrogen-bond acceptors (Lipinski definition) is 2. The van der Waals surface area contributed by atoms with Gasteiger partial charge in [0.05, 0.1) is 0 Å². The van der Waals surface area contributed by atoms with Crippen molar-refractivity contribution in [3.05, 3.63) is 34.9 Å². The van der Waals surface area contributed by atoms with E-state index in [0.29, 0.717) is 0 Å². The highest BCUT2D eigenvalue weighted by atomic mass is 32.1. The molecule has 0 spiro atoms. The van der Waals surface area contributed by atoms with Gasteiger partial charge in [-0.25, -0.2) is 0 Å². The fraction of sp³-hybridized carbons (Fsp3) is 0.600. The zero-order valence-electron chi connectivity index (χ0n) is 11.7. The lowest BCUT2D eigenvalue weighted by atomic mass is 9.79. The number of hydrogen-bond donors (Lipinski definition) is 2. The van der Waals surface area contributed by atoms with E-state index >= 15 is 0 Å². The van der Waals surface area contributed by atoms with Gasteiger partial charge in [0.2, 0.25) is 0 Å². The maximum Gasteiger partial charge on any atom is 0.122 e. The molecule has 0 saturated carbocycles. The van der Waals surface area contributed by atoms with Gasteiger partial charge in [0.25, 0.3) is 0 Å². The molecule has 17 heavy (non-hydrogen) atoms. The van der Waals surface area contributed by atoms with E-state index in [9.17, 15) is 5.11 Å². The minimum atomic E-state index is -0.710. The topological polar surface area (TPSA) is 20.2 Å². The first-order valence-electron chi connectivity index (χ1n) is 6.04. The summed E-state index contributed by atoms with van der Waals surface area (Å²) >= 11 is 4.13. The quantitative estimate of drug-likeness (QED) is 0.567. The number of aliphatic hydroxyl groups excluding tert-OH is 1. The molecular formula is C15H24OS. The van der Waals surface area contributed by atoms with Gasteiger partial charge in [-0.2, -0.15) is 0 Å². The van der Waals surface area contributed by atoms with Crippen molar-refractivity contribution in [2.24, 2.45) is 0 Å². The Hall–Kier alpha value is -0.470. The van der Waals surface area contributed by atoms with Gasteiger partial charge in [-0.15, -0.1) is 12.6 Å². The van der Waals surface area contributed by atoms with Gasteiger partial charge < -0.3 is 5.11 Å². The molecule has 1 nitrogen and oxygen atoms in total. The molecule has 0 aliphatic carbocycles. The van der Waals surface area contributed by atoms with Gasteiger partial charge in [0.1, 0.15) is 5.44 Å². The van der Waals surface area contributed by atoms with Gasteiger partial charge in [0.15, 0.2) is 0 Å². The summed E-state index contributed by atoms with van der Waals surface area (Å²) in [6, 6.07) is 6.33. The van der Waals surface area contributed by atoms with Crippen molar-refractivity contribution in [2.75, 3.05) is 0 Å². The van der Waals surface area contributed by atoms with E-state index in [1.54, 1.807) is 0 Å². The Morgan fingerprint density at radius 3 is 1.47 bits per heavy atom. The van der Waals surface area contributed by atoms with E-state index in [-0.39, 0.29) is 10.8 Å². The van der Waals surface area contributed by atoms with E-state index in [2.05, 4.69) is 60.2 Å². The van der Waals surface area contributed by atoms with Crippen LogP contribution >= 0.6 is 12.6 Å². The molecule has 0 aromatic heterocycles. The Bertz CT molecular complexity index is 362. The van der Waals surface area contributed by atoms with E-state index in [1.165, 1.54) is 11.1 Å². The van der Waals surface area contributed by atoms with Crippen LogP contribution in [0.25, 0.3) is 0 Å². The smallest absolute Gasteiger partial charge is 0.122 e. The van der Waals surface area contributed by atoms with Crippen LogP contribution in [-0.4, -0.2) is 5.11 Å². The highest BCUT2D eigenvalue weighted by Crippen LogP contribution is 2.32. The zero-order valence-corrected chi connectivity index (χ0v) is 12.6.